The van der Waals surface area contributed by atoms with Crippen molar-refractivity contribution in [1.29, 1.82) is 0 Å². The van der Waals surface area contributed by atoms with Crippen molar-refractivity contribution in [2.24, 2.45) is 0 Å². The monoisotopic (exact) mass is 607 g/mol. The fourth-order valence-electron chi connectivity index (χ4n) is 5.47. The minimum atomic E-state index is -1.19. The number of aromatic nitrogens is 2. The SMILES string of the molecule is CB(O)NC(C)(C)C(=O)NC(Cc1c[nH]c2ccccc12)C(=O)NC(Cc1c[nH]c2ccccc12)C(=O)OCc1ccccc1. The number of ether oxygens (including phenoxy) is 1. The Morgan fingerprint density at radius 1 is 0.800 bits per heavy atom. The molecule has 2 atom stereocenters. The van der Waals surface area contributed by atoms with Gasteiger partial charge in [0, 0.05) is 47.0 Å². The lowest BCUT2D eigenvalue weighted by Gasteiger charge is -2.29. The van der Waals surface area contributed by atoms with E-state index in [1.165, 1.54) is 6.82 Å². The van der Waals surface area contributed by atoms with Gasteiger partial charge in [-0.05, 0) is 49.5 Å². The number of carbonyl (C=O) groups excluding carboxylic acids is 3. The van der Waals surface area contributed by atoms with E-state index < -0.39 is 42.5 Å². The van der Waals surface area contributed by atoms with Crippen molar-refractivity contribution < 1.29 is 24.1 Å². The number of carbonyl (C=O) groups is 3. The maximum atomic E-state index is 14.0. The van der Waals surface area contributed by atoms with Gasteiger partial charge in [-0.3, -0.25) is 9.59 Å². The van der Waals surface area contributed by atoms with Crippen molar-refractivity contribution in [3.8, 4) is 0 Å². The molecule has 10 nitrogen and oxygen atoms in total. The van der Waals surface area contributed by atoms with Crippen molar-refractivity contribution in [2.75, 3.05) is 0 Å². The first-order valence-corrected chi connectivity index (χ1v) is 15.0. The number of benzene rings is 3. The molecular formula is C34H38BN5O5. The van der Waals surface area contributed by atoms with E-state index in [9.17, 15) is 19.4 Å². The molecular weight excluding hydrogens is 569 g/mol. The van der Waals surface area contributed by atoms with Crippen LogP contribution in [0.3, 0.4) is 0 Å². The largest absolute Gasteiger partial charge is 0.459 e. The van der Waals surface area contributed by atoms with Gasteiger partial charge in [-0.15, -0.1) is 0 Å². The quantitative estimate of drug-likeness (QED) is 0.0890. The highest BCUT2D eigenvalue weighted by atomic mass is 16.5. The van der Waals surface area contributed by atoms with Gasteiger partial charge >= 0.3 is 13.0 Å². The maximum Gasteiger partial charge on any atom is 0.374 e. The lowest BCUT2D eigenvalue weighted by atomic mass is 9.83. The van der Waals surface area contributed by atoms with E-state index in [-0.39, 0.29) is 19.4 Å². The highest BCUT2D eigenvalue weighted by molar-refractivity contribution is 6.46. The van der Waals surface area contributed by atoms with E-state index in [0.717, 1.165) is 38.5 Å². The van der Waals surface area contributed by atoms with Crippen LogP contribution in [-0.2, 0) is 38.6 Å². The Kier molecular flexibility index (Phi) is 9.70. The minimum absolute atomic E-state index is 0.0502. The Balaban J connectivity index is 1.42. The van der Waals surface area contributed by atoms with Gasteiger partial charge in [-0.2, -0.15) is 0 Å². The highest BCUT2D eigenvalue weighted by Crippen LogP contribution is 2.22. The highest BCUT2D eigenvalue weighted by Gasteiger charge is 2.35. The molecule has 0 aliphatic rings. The fourth-order valence-corrected chi connectivity index (χ4v) is 5.47. The van der Waals surface area contributed by atoms with Crippen LogP contribution in [0.1, 0.15) is 30.5 Å². The first kappa shape index (κ1) is 31.6. The summed E-state index contributed by atoms with van der Waals surface area (Å²) < 4.78 is 5.68. The molecule has 6 N–H and O–H groups in total. The molecule has 5 aromatic rings. The zero-order valence-corrected chi connectivity index (χ0v) is 25.6. The second kappa shape index (κ2) is 13.8. The van der Waals surface area contributed by atoms with Gasteiger partial charge in [-0.25, -0.2) is 4.79 Å². The average molecular weight is 608 g/mol. The molecule has 2 amide bonds. The molecule has 11 heteroatoms. The van der Waals surface area contributed by atoms with E-state index in [0.29, 0.717) is 0 Å². The number of nitrogens with one attached hydrogen (secondary N) is 5. The molecule has 232 valence electrons. The molecule has 0 radical (unpaired) electrons. The Labute approximate surface area is 262 Å². The van der Waals surface area contributed by atoms with Crippen molar-refractivity contribution in [3.63, 3.8) is 0 Å². The number of amides is 2. The van der Waals surface area contributed by atoms with Crippen molar-refractivity contribution in [1.82, 2.24) is 25.8 Å². The second-order valence-corrected chi connectivity index (χ2v) is 11.8. The summed E-state index contributed by atoms with van der Waals surface area (Å²) in [6.07, 6.45) is 3.97. The number of hydrogen-bond acceptors (Lipinski definition) is 6. The van der Waals surface area contributed by atoms with Crippen LogP contribution in [0.5, 0.6) is 0 Å². The summed E-state index contributed by atoms with van der Waals surface area (Å²) in [7, 11) is -0.952. The van der Waals surface area contributed by atoms with Gasteiger partial charge in [0.25, 0.3) is 0 Å². The van der Waals surface area contributed by atoms with Crippen LogP contribution in [0.2, 0.25) is 6.82 Å². The van der Waals surface area contributed by atoms with Gasteiger partial charge in [0.1, 0.15) is 18.7 Å². The maximum absolute atomic E-state index is 14.0. The van der Waals surface area contributed by atoms with Crippen molar-refractivity contribution in [3.05, 3.63) is 108 Å². The summed E-state index contributed by atoms with van der Waals surface area (Å²) in [4.78, 5) is 47.5. The third kappa shape index (κ3) is 7.81. The van der Waals surface area contributed by atoms with E-state index in [1.54, 1.807) is 13.8 Å². The smallest absolute Gasteiger partial charge is 0.374 e. The fraction of sp³-hybridized carbons (Fsp3) is 0.265. The molecule has 5 rings (SSSR count). The Morgan fingerprint density at radius 3 is 1.91 bits per heavy atom. The number of hydrogen-bond donors (Lipinski definition) is 6. The molecule has 2 heterocycles. The van der Waals surface area contributed by atoms with Gasteiger partial charge in [0.2, 0.25) is 11.8 Å². The topological polar surface area (TPSA) is 148 Å². The average Bonchev–Trinajstić information content (AvgIpc) is 3.63. The summed E-state index contributed by atoms with van der Waals surface area (Å²) in [5.41, 5.74) is 3.10. The van der Waals surface area contributed by atoms with E-state index >= 15 is 0 Å². The van der Waals surface area contributed by atoms with Crippen LogP contribution < -0.4 is 15.9 Å². The van der Waals surface area contributed by atoms with Crippen molar-refractivity contribution in [2.45, 2.75) is 57.7 Å². The Morgan fingerprint density at radius 2 is 1.33 bits per heavy atom. The van der Waals surface area contributed by atoms with Crippen LogP contribution in [-0.4, -0.2) is 57.4 Å². The third-order valence-corrected chi connectivity index (χ3v) is 7.78. The van der Waals surface area contributed by atoms with E-state index in [2.05, 4.69) is 25.8 Å². The number of aromatic amines is 2. The predicted octanol–water partition coefficient (Wildman–Crippen LogP) is 3.63. The summed E-state index contributed by atoms with van der Waals surface area (Å²) in [5, 5.41) is 20.3. The molecule has 2 unspecified atom stereocenters. The molecule has 3 aromatic carbocycles. The van der Waals surface area contributed by atoms with Gasteiger partial charge < -0.3 is 35.6 Å². The zero-order chi connectivity index (χ0) is 32.0. The normalized spacial score (nSPS) is 12.9. The minimum Gasteiger partial charge on any atom is -0.459 e. The van der Waals surface area contributed by atoms with Gasteiger partial charge in [0.05, 0.1) is 5.54 Å². The predicted molar refractivity (Wildman–Crippen MR) is 175 cm³/mol. The number of H-pyrrole nitrogens is 2. The van der Waals surface area contributed by atoms with Gasteiger partial charge in [0.15, 0.2) is 0 Å². The number of esters is 1. The van der Waals surface area contributed by atoms with Crippen molar-refractivity contribution >= 4 is 46.6 Å². The van der Waals surface area contributed by atoms with E-state index in [1.807, 2.05) is 91.3 Å². The number of para-hydroxylation sites is 2. The molecule has 0 aliphatic heterocycles. The van der Waals surface area contributed by atoms with Crippen LogP contribution in [0.4, 0.5) is 0 Å². The van der Waals surface area contributed by atoms with Crippen LogP contribution in [0.15, 0.2) is 91.3 Å². The molecule has 2 aromatic heterocycles. The summed E-state index contributed by atoms with van der Waals surface area (Å²) in [5.74, 6) is -1.61. The number of rotatable bonds is 13. The zero-order valence-electron chi connectivity index (χ0n) is 25.6. The third-order valence-electron chi connectivity index (χ3n) is 7.78. The summed E-state index contributed by atoms with van der Waals surface area (Å²) >= 11 is 0. The second-order valence-electron chi connectivity index (χ2n) is 11.8. The van der Waals surface area contributed by atoms with E-state index in [4.69, 9.17) is 4.74 Å². The van der Waals surface area contributed by atoms with Gasteiger partial charge in [-0.1, -0.05) is 66.7 Å². The lowest BCUT2D eigenvalue weighted by Crippen LogP contribution is -2.61. The summed E-state index contributed by atoms with van der Waals surface area (Å²) in [6, 6.07) is 22.7. The molecule has 0 saturated heterocycles. The Hall–Kier alpha value is -4.87. The summed E-state index contributed by atoms with van der Waals surface area (Å²) in [6.45, 7) is 4.81. The number of fused-ring (bicyclic) bond motifs is 2. The lowest BCUT2D eigenvalue weighted by molar-refractivity contribution is -0.149. The molecule has 0 saturated carbocycles. The molecule has 0 fully saturated rings. The first-order valence-electron chi connectivity index (χ1n) is 15.0. The molecule has 0 spiro atoms. The molecule has 45 heavy (non-hydrogen) atoms. The standard InChI is InChI=1S/C34H38BN5O5/c1-34(2,40-35(3)44)33(43)39-29(17-23-19-36-27-15-9-7-13-25(23)27)31(41)38-30(32(42)45-21-22-11-5-4-6-12-22)18-24-20-37-28-16-10-8-14-26(24)28/h4-16,19-20,29-30,36-37,40,44H,17-18,21H2,1-3H3,(H,38,41)(H,39,43). The molecule has 0 bridgehead atoms. The Bertz CT molecular complexity index is 1780. The van der Waals surface area contributed by atoms with Crippen LogP contribution in [0.25, 0.3) is 21.8 Å². The van der Waals surface area contributed by atoms with Crippen LogP contribution in [0, 0.1) is 0 Å². The van der Waals surface area contributed by atoms with Crippen LogP contribution >= 0.6 is 0 Å². The first-order chi connectivity index (χ1) is 21.6. The molecule has 0 aliphatic carbocycles.